The number of hydrogen-bond donors (Lipinski definition) is 1. The van der Waals surface area contributed by atoms with Gasteiger partial charge in [0.05, 0.1) is 6.61 Å². The van der Waals surface area contributed by atoms with Crippen molar-refractivity contribution in [1.29, 1.82) is 0 Å². The summed E-state index contributed by atoms with van der Waals surface area (Å²) in [7, 11) is 1.73. The molecule has 3 nitrogen and oxygen atoms in total. The van der Waals surface area contributed by atoms with Gasteiger partial charge in [0.1, 0.15) is 0 Å². The van der Waals surface area contributed by atoms with Gasteiger partial charge in [-0.3, -0.25) is 4.90 Å². The zero-order valence-corrected chi connectivity index (χ0v) is 10.3. The summed E-state index contributed by atoms with van der Waals surface area (Å²) in [5, 5.41) is 2.11. The van der Waals surface area contributed by atoms with Gasteiger partial charge in [0.2, 0.25) is 0 Å². The summed E-state index contributed by atoms with van der Waals surface area (Å²) in [4.78, 5) is 3.71. The second-order valence-electron chi connectivity index (χ2n) is 3.78. The number of thiophene rings is 1. The van der Waals surface area contributed by atoms with E-state index in [1.165, 1.54) is 4.88 Å². The Morgan fingerprint density at radius 3 is 2.93 bits per heavy atom. The highest BCUT2D eigenvalue weighted by Crippen LogP contribution is 2.11. The van der Waals surface area contributed by atoms with E-state index in [4.69, 9.17) is 10.5 Å². The minimum atomic E-state index is 0.210. The number of rotatable bonds is 7. The van der Waals surface area contributed by atoms with Crippen molar-refractivity contribution in [2.45, 2.75) is 19.5 Å². The molecule has 2 N–H and O–H groups in total. The first-order valence-electron chi connectivity index (χ1n) is 5.21. The van der Waals surface area contributed by atoms with E-state index >= 15 is 0 Å². The molecule has 1 aromatic heterocycles. The summed E-state index contributed by atoms with van der Waals surface area (Å²) in [6.45, 7) is 5.63. The number of hydrogen-bond acceptors (Lipinski definition) is 4. The van der Waals surface area contributed by atoms with Gasteiger partial charge in [-0.25, -0.2) is 0 Å². The van der Waals surface area contributed by atoms with Crippen LogP contribution in [0.5, 0.6) is 0 Å². The number of nitrogens with zero attached hydrogens (tertiary/aromatic N) is 1. The van der Waals surface area contributed by atoms with Gasteiger partial charge >= 0.3 is 0 Å². The third-order valence-electron chi connectivity index (χ3n) is 2.12. The molecule has 1 rings (SSSR count). The molecule has 1 aromatic rings. The lowest BCUT2D eigenvalue weighted by atomic mass is 10.3. The van der Waals surface area contributed by atoms with Gasteiger partial charge in [0, 0.05) is 37.7 Å². The third kappa shape index (κ3) is 5.28. The average Bonchev–Trinajstić information content (AvgIpc) is 2.66. The molecule has 0 fully saturated rings. The lowest BCUT2D eigenvalue weighted by Crippen LogP contribution is -2.36. The van der Waals surface area contributed by atoms with Crippen LogP contribution in [0.4, 0.5) is 0 Å². The molecule has 0 amide bonds. The first kappa shape index (κ1) is 12.6. The highest BCUT2D eigenvalue weighted by molar-refractivity contribution is 7.09. The van der Waals surface area contributed by atoms with Gasteiger partial charge < -0.3 is 10.5 Å². The molecule has 1 atom stereocenters. The minimum Gasteiger partial charge on any atom is -0.383 e. The molecule has 0 radical (unpaired) electrons. The van der Waals surface area contributed by atoms with Gasteiger partial charge in [-0.1, -0.05) is 6.07 Å². The van der Waals surface area contributed by atoms with Crippen molar-refractivity contribution >= 4 is 11.3 Å². The third-order valence-corrected chi connectivity index (χ3v) is 2.98. The second-order valence-corrected chi connectivity index (χ2v) is 4.82. The predicted molar refractivity (Wildman–Crippen MR) is 65.1 cm³/mol. The molecule has 0 aromatic carbocycles. The summed E-state index contributed by atoms with van der Waals surface area (Å²) in [6.07, 6.45) is 0. The summed E-state index contributed by atoms with van der Waals surface area (Å²) < 4.78 is 5.09. The van der Waals surface area contributed by atoms with Crippen molar-refractivity contribution in [3.8, 4) is 0 Å². The molecule has 0 aliphatic heterocycles. The van der Waals surface area contributed by atoms with E-state index in [1.54, 1.807) is 18.4 Å². The van der Waals surface area contributed by atoms with E-state index in [1.807, 2.05) is 6.92 Å². The normalized spacial score (nSPS) is 13.3. The van der Waals surface area contributed by atoms with Crippen LogP contribution in [-0.2, 0) is 11.3 Å². The maximum Gasteiger partial charge on any atom is 0.0589 e. The Morgan fingerprint density at radius 1 is 1.60 bits per heavy atom. The fraction of sp³-hybridized carbons (Fsp3) is 0.636. The highest BCUT2D eigenvalue weighted by atomic mass is 32.1. The molecule has 0 saturated carbocycles. The zero-order chi connectivity index (χ0) is 11.1. The number of ether oxygens (including phenoxy) is 1. The molecular formula is C11H20N2OS. The van der Waals surface area contributed by atoms with Crippen molar-refractivity contribution in [2.24, 2.45) is 5.73 Å². The molecule has 0 spiro atoms. The topological polar surface area (TPSA) is 38.5 Å². The molecule has 0 bridgehead atoms. The monoisotopic (exact) mass is 228 g/mol. The van der Waals surface area contributed by atoms with Crippen molar-refractivity contribution in [1.82, 2.24) is 4.90 Å². The highest BCUT2D eigenvalue weighted by Gasteiger charge is 2.08. The van der Waals surface area contributed by atoms with Crippen molar-refractivity contribution < 1.29 is 4.74 Å². The van der Waals surface area contributed by atoms with Crippen LogP contribution in [-0.4, -0.2) is 37.7 Å². The van der Waals surface area contributed by atoms with E-state index in [0.717, 1.165) is 26.2 Å². The van der Waals surface area contributed by atoms with Gasteiger partial charge in [-0.2, -0.15) is 0 Å². The van der Waals surface area contributed by atoms with Gasteiger partial charge in [0.15, 0.2) is 0 Å². The van der Waals surface area contributed by atoms with E-state index in [0.29, 0.717) is 0 Å². The standard InChI is InChI=1S/C11H20N2OS/c1-10(12)8-13(5-6-14-2)9-11-4-3-7-15-11/h3-4,7,10H,5-6,8-9,12H2,1-2H3/t10-/m0/s1. The smallest absolute Gasteiger partial charge is 0.0589 e. The predicted octanol–water partition coefficient (Wildman–Crippen LogP) is 1.54. The maximum absolute atomic E-state index is 5.81. The van der Waals surface area contributed by atoms with Gasteiger partial charge in [0.25, 0.3) is 0 Å². The number of methoxy groups -OCH3 is 1. The molecular weight excluding hydrogens is 208 g/mol. The van der Waals surface area contributed by atoms with Crippen LogP contribution < -0.4 is 5.73 Å². The second kappa shape index (κ2) is 6.95. The van der Waals surface area contributed by atoms with E-state index < -0.39 is 0 Å². The van der Waals surface area contributed by atoms with E-state index in [9.17, 15) is 0 Å². The van der Waals surface area contributed by atoms with E-state index in [2.05, 4.69) is 22.4 Å². The van der Waals surface area contributed by atoms with Crippen LogP contribution in [0.25, 0.3) is 0 Å². The molecule has 86 valence electrons. The Balaban J connectivity index is 2.41. The van der Waals surface area contributed by atoms with Crippen LogP contribution in [0.15, 0.2) is 17.5 Å². The minimum absolute atomic E-state index is 0.210. The summed E-state index contributed by atoms with van der Waals surface area (Å²) >= 11 is 1.79. The Labute approximate surface area is 95.8 Å². The van der Waals surface area contributed by atoms with Crippen molar-refractivity contribution in [2.75, 3.05) is 26.8 Å². The average molecular weight is 228 g/mol. The Bertz CT molecular complexity index is 249. The maximum atomic E-state index is 5.81. The van der Waals surface area contributed by atoms with Gasteiger partial charge in [-0.15, -0.1) is 11.3 Å². The van der Waals surface area contributed by atoms with Crippen molar-refractivity contribution in [3.63, 3.8) is 0 Å². The molecule has 0 aliphatic rings. The summed E-state index contributed by atoms with van der Waals surface area (Å²) in [5.41, 5.74) is 5.81. The number of nitrogens with two attached hydrogens (primary N) is 1. The lowest BCUT2D eigenvalue weighted by molar-refractivity contribution is 0.141. The Morgan fingerprint density at radius 2 is 2.40 bits per heavy atom. The largest absolute Gasteiger partial charge is 0.383 e. The van der Waals surface area contributed by atoms with Crippen LogP contribution >= 0.6 is 11.3 Å². The molecule has 4 heteroatoms. The first-order chi connectivity index (χ1) is 7.22. The van der Waals surface area contributed by atoms with Crippen LogP contribution in [0.3, 0.4) is 0 Å². The Kier molecular flexibility index (Phi) is 5.86. The van der Waals surface area contributed by atoms with Crippen LogP contribution in [0, 0.1) is 0 Å². The van der Waals surface area contributed by atoms with Gasteiger partial charge in [-0.05, 0) is 18.4 Å². The van der Waals surface area contributed by atoms with Crippen molar-refractivity contribution in [3.05, 3.63) is 22.4 Å². The molecule has 0 unspecified atom stereocenters. The first-order valence-corrected chi connectivity index (χ1v) is 6.09. The molecule has 15 heavy (non-hydrogen) atoms. The molecule has 0 saturated heterocycles. The summed E-state index contributed by atoms with van der Waals surface area (Å²) in [6, 6.07) is 4.45. The quantitative estimate of drug-likeness (QED) is 0.769. The lowest BCUT2D eigenvalue weighted by Gasteiger charge is -2.23. The summed E-state index contributed by atoms with van der Waals surface area (Å²) in [5.74, 6) is 0. The molecule has 0 aliphatic carbocycles. The van der Waals surface area contributed by atoms with E-state index in [-0.39, 0.29) is 6.04 Å². The fourth-order valence-electron chi connectivity index (χ4n) is 1.49. The van der Waals surface area contributed by atoms with Crippen LogP contribution in [0.2, 0.25) is 0 Å². The Hall–Kier alpha value is -0.420. The van der Waals surface area contributed by atoms with Crippen LogP contribution in [0.1, 0.15) is 11.8 Å². The molecule has 1 heterocycles. The fourth-order valence-corrected chi connectivity index (χ4v) is 2.23. The SMILES string of the molecule is COCCN(Cc1cccs1)C[C@H](C)N. The zero-order valence-electron chi connectivity index (χ0n) is 9.48.